The number of allylic oxidation sites excluding steroid dienone is 1. The lowest BCUT2D eigenvalue weighted by atomic mass is 9.95. The molecule has 37 heavy (non-hydrogen) atoms. The molecule has 1 aromatic heterocycles. The maximum Gasteiger partial charge on any atom is 0.338 e. The minimum Gasteiger partial charge on any atom is -0.494 e. The molecule has 0 saturated heterocycles. The minimum atomic E-state index is -0.828. The van der Waals surface area contributed by atoms with E-state index in [2.05, 4.69) is 4.99 Å². The van der Waals surface area contributed by atoms with Crippen molar-refractivity contribution in [3.05, 3.63) is 94.7 Å². The summed E-state index contributed by atoms with van der Waals surface area (Å²) >= 11 is 1.13. The van der Waals surface area contributed by atoms with Crippen molar-refractivity contribution in [1.82, 2.24) is 4.57 Å². The summed E-state index contributed by atoms with van der Waals surface area (Å²) in [6.07, 6.45) is 1.56. The monoisotopic (exact) mass is 523 g/mol. The Hall–Kier alpha value is -4.25. The van der Waals surface area contributed by atoms with Crippen molar-refractivity contribution in [2.45, 2.75) is 26.8 Å². The lowest BCUT2D eigenvalue weighted by molar-refractivity contribution is -0.385. The molecule has 11 heteroatoms. The largest absolute Gasteiger partial charge is 0.494 e. The molecule has 1 atom stereocenters. The standard InChI is InChI=1S/C26H25N3O7S/c1-5-35-19-10-8-7-9-17(19)23-22(25(31)36-6-2)15(3)27-26-28(23)24(30)21(37-26)14-16-11-12-20(34-4)18(13-16)29(32)33/h7-14,23H,5-6H2,1-4H3. The fraction of sp³-hybridized carbons (Fsp3) is 0.269. The molecule has 3 aromatic rings. The van der Waals surface area contributed by atoms with E-state index >= 15 is 0 Å². The molecular weight excluding hydrogens is 498 g/mol. The maximum atomic E-state index is 13.8. The number of hydrogen-bond donors (Lipinski definition) is 0. The first-order chi connectivity index (χ1) is 17.8. The Balaban J connectivity index is 1.96. The van der Waals surface area contributed by atoms with Crippen LogP contribution < -0.4 is 24.4 Å². The second-order valence-electron chi connectivity index (χ2n) is 7.96. The Bertz CT molecular complexity index is 1590. The summed E-state index contributed by atoms with van der Waals surface area (Å²) < 4.78 is 18.0. The predicted molar refractivity (Wildman–Crippen MR) is 138 cm³/mol. The zero-order valence-corrected chi connectivity index (χ0v) is 21.5. The van der Waals surface area contributed by atoms with Crippen molar-refractivity contribution >= 4 is 29.1 Å². The van der Waals surface area contributed by atoms with Crippen LogP contribution in [0.5, 0.6) is 11.5 Å². The Kier molecular flexibility index (Phi) is 7.53. The van der Waals surface area contributed by atoms with Crippen LogP contribution in [0.3, 0.4) is 0 Å². The van der Waals surface area contributed by atoms with Gasteiger partial charge in [0, 0.05) is 11.6 Å². The van der Waals surface area contributed by atoms with Crippen molar-refractivity contribution in [1.29, 1.82) is 0 Å². The van der Waals surface area contributed by atoms with E-state index in [0.717, 1.165) is 11.3 Å². The van der Waals surface area contributed by atoms with Crippen molar-refractivity contribution in [3.8, 4) is 11.5 Å². The summed E-state index contributed by atoms with van der Waals surface area (Å²) in [5, 5.41) is 11.5. The number of carbonyl (C=O) groups excluding carboxylic acids is 1. The number of methoxy groups -OCH3 is 1. The lowest BCUT2D eigenvalue weighted by Gasteiger charge is -2.26. The van der Waals surface area contributed by atoms with Crippen LogP contribution in [-0.2, 0) is 9.53 Å². The molecule has 1 aliphatic rings. The third-order valence-electron chi connectivity index (χ3n) is 5.73. The predicted octanol–water partition coefficient (Wildman–Crippen LogP) is 3.11. The molecule has 10 nitrogen and oxygen atoms in total. The fourth-order valence-corrected chi connectivity index (χ4v) is 5.22. The van der Waals surface area contributed by atoms with Crippen LogP contribution in [0.1, 0.15) is 37.9 Å². The summed E-state index contributed by atoms with van der Waals surface area (Å²) in [5.41, 5.74) is 1.14. The van der Waals surface area contributed by atoms with E-state index in [1.54, 1.807) is 38.1 Å². The SMILES string of the molecule is CCOC(=O)C1=C(C)N=c2sc(=Cc3ccc(OC)c([N+](=O)[O-])c3)c(=O)n2C1c1ccccc1OCC. The van der Waals surface area contributed by atoms with Gasteiger partial charge in [-0.05, 0) is 44.5 Å². The molecule has 0 saturated carbocycles. The van der Waals surface area contributed by atoms with Crippen LogP contribution in [0.25, 0.3) is 6.08 Å². The van der Waals surface area contributed by atoms with E-state index < -0.39 is 22.5 Å². The van der Waals surface area contributed by atoms with Crippen molar-refractivity contribution in [2.24, 2.45) is 4.99 Å². The first-order valence-corrected chi connectivity index (χ1v) is 12.4. The van der Waals surface area contributed by atoms with Gasteiger partial charge in [-0.15, -0.1) is 0 Å². The second kappa shape index (κ2) is 10.8. The van der Waals surface area contributed by atoms with Crippen molar-refractivity contribution in [3.63, 3.8) is 0 Å². The average molecular weight is 524 g/mol. The highest BCUT2D eigenvalue weighted by molar-refractivity contribution is 7.07. The van der Waals surface area contributed by atoms with Gasteiger partial charge in [0.1, 0.15) is 11.8 Å². The molecule has 0 spiro atoms. The molecule has 1 unspecified atom stereocenters. The number of nitro benzene ring substituents is 1. The second-order valence-corrected chi connectivity index (χ2v) is 8.97. The van der Waals surface area contributed by atoms with Crippen LogP contribution in [0.15, 0.2) is 63.5 Å². The number of ether oxygens (including phenoxy) is 3. The molecule has 2 heterocycles. The van der Waals surface area contributed by atoms with Gasteiger partial charge in [-0.25, -0.2) is 9.79 Å². The summed E-state index contributed by atoms with van der Waals surface area (Å²) in [6, 6.07) is 10.8. The highest BCUT2D eigenvalue weighted by Crippen LogP contribution is 2.36. The molecule has 0 N–H and O–H groups in total. The number of thiazole rings is 1. The maximum absolute atomic E-state index is 13.8. The first kappa shape index (κ1) is 25.8. The number of fused-ring (bicyclic) bond motifs is 1. The molecule has 0 amide bonds. The zero-order valence-electron chi connectivity index (χ0n) is 20.7. The van der Waals surface area contributed by atoms with Gasteiger partial charge in [0.2, 0.25) is 0 Å². The summed E-state index contributed by atoms with van der Waals surface area (Å²) in [4.78, 5) is 42.7. The van der Waals surface area contributed by atoms with E-state index in [-0.39, 0.29) is 23.6 Å². The van der Waals surface area contributed by atoms with Crippen molar-refractivity contribution < 1.29 is 23.9 Å². The number of para-hydroxylation sites is 1. The van der Waals surface area contributed by atoms with Crippen LogP contribution in [-0.4, -0.2) is 35.8 Å². The number of esters is 1. The van der Waals surface area contributed by atoms with E-state index in [9.17, 15) is 19.7 Å². The Labute approximate surface area is 215 Å². The van der Waals surface area contributed by atoms with Gasteiger partial charge >= 0.3 is 11.7 Å². The van der Waals surface area contributed by atoms with Crippen LogP contribution in [0.4, 0.5) is 5.69 Å². The van der Waals surface area contributed by atoms with Crippen molar-refractivity contribution in [2.75, 3.05) is 20.3 Å². The number of nitrogens with zero attached hydrogens (tertiary/aromatic N) is 3. The highest BCUT2D eigenvalue weighted by Gasteiger charge is 2.35. The highest BCUT2D eigenvalue weighted by atomic mass is 32.1. The van der Waals surface area contributed by atoms with E-state index in [1.165, 1.54) is 23.8 Å². The molecule has 0 aliphatic carbocycles. The molecular formula is C26H25N3O7S. The third kappa shape index (κ3) is 4.90. The molecule has 0 radical (unpaired) electrons. The molecule has 1 aliphatic heterocycles. The summed E-state index contributed by atoms with van der Waals surface area (Å²) in [6.45, 7) is 5.82. The van der Waals surface area contributed by atoms with Crippen LogP contribution in [0, 0.1) is 10.1 Å². The van der Waals surface area contributed by atoms with E-state index in [1.807, 2.05) is 19.1 Å². The lowest BCUT2D eigenvalue weighted by Crippen LogP contribution is -2.40. The summed E-state index contributed by atoms with van der Waals surface area (Å²) in [7, 11) is 1.35. The molecule has 0 fully saturated rings. The van der Waals surface area contributed by atoms with Gasteiger partial charge in [-0.2, -0.15) is 0 Å². The minimum absolute atomic E-state index is 0.117. The van der Waals surface area contributed by atoms with Gasteiger partial charge < -0.3 is 14.2 Å². The first-order valence-electron chi connectivity index (χ1n) is 11.5. The Morgan fingerprint density at radius 2 is 1.95 bits per heavy atom. The van der Waals surface area contributed by atoms with E-state index in [0.29, 0.717) is 38.5 Å². The Morgan fingerprint density at radius 1 is 1.19 bits per heavy atom. The average Bonchev–Trinajstić information content (AvgIpc) is 3.18. The number of benzene rings is 2. The molecule has 2 aromatic carbocycles. The zero-order chi connectivity index (χ0) is 26.7. The molecule has 192 valence electrons. The number of carbonyl (C=O) groups is 1. The normalized spacial score (nSPS) is 15.1. The Morgan fingerprint density at radius 3 is 2.62 bits per heavy atom. The third-order valence-corrected chi connectivity index (χ3v) is 6.71. The number of hydrogen-bond acceptors (Lipinski definition) is 9. The number of nitro groups is 1. The fourth-order valence-electron chi connectivity index (χ4n) is 4.17. The van der Waals surface area contributed by atoms with Gasteiger partial charge in [0.15, 0.2) is 10.6 Å². The van der Waals surface area contributed by atoms with Gasteiger partial charge in [-0.3, -0.25) is 19.5 Å². The molecule has 4 rings (SSSR count). The van der Waals surface area contributed by atoms with Gasteiger partial charge in [0.05, 0.1) is 41.0 Å². The quantitative estimate of drug-likeness (QED) is 0.253. The number of rotatable bonds is 8. The smallest absolute Gasteiger partial charge is 0.338 e. The van der Waals surface area contributed by atoms with Crippen LogP contribution in [0.2, 0.25) is 0 Å². The molecule has 0 bridgehead atoms. The topological polar surface area (TPSA) is 122 Å². The van der Waals surface area contributed by atoms with Gasteiger partial charge in [0.25, 0.3) is 5.56 Å². The van der Waals surface area contributed by atoms with Crippen LogP contribution >= 0.6 is 11.3 Å². The summed E-state index contributed by atoms with van der Waals surface area (Å²) in [5.74, 6) is 0.0813. The van der Waals surface area contributed by atoms with Gasteiger partial charge in [-0.1, -0.05) is 35.6 Å². The number of aromatic nitrogens is 1. The van der Waals surface area contributed by atoms with E-state index in [4.69, 9.17) is 14.2 Å².